The minimum absolute atomic E-state index is 0.0549. The van der Waals surface area contributed by atoms with Crippen molar-refractivity contribution >= 4 is 23.5 Å². The monoisotopic (exact) mass is 304 g/mol. The second kappa shape index (κ2) is 5.32. The number of benzene rings is 1. The molecule has 0 atom stereocenters. The molecule has 7 heteroatoms. The van der Waals surface area contributed by atoms with E-state index in [0.717, 1.165) is 12.8 Å². The molecule has 7 nitrogen and oxygen atoms in total. The van der Waals surface area contributed by atoms with E-state index in [0.29, 0.717) is 24.3 Å². The van der Waals surface area contributed by atoms with E-state index >= 15 is 0 Å². The molecule has 0 spiro atoms. The standard InChI is InChI=1S/C15H16N2O5/c18-12-8-22-11-4-3-9(7-10(11)16-12)13(19)17-15(14(20)21)5-1-2-6-15/h3-4,7H,1-2,5-6,8H2,(H,16,18)(H,17,19)(H,20,21). The number of hydrogen-bond acceptors (Lipinski definition) is 4. The summed E-state index contributed by atoms with van der Waals surface area (Å²) in [7, 11) is 0. The number of rotatable bonds is 3. The minimum Gasteiger partial charge on any atom is -0.482 e. The number of carboxylic acids is 1. The highest BCUT2D eigenvalue weighted by molar-refractivity contribution is 6.01. The van der Waals surface area contributed by atoms with Gasteiger partial charge in [-0.05, 0) is 31.0 Å². The van der Waals surface area contributed by atoms with Gasteiger partial charge in [-0.1, -0.05) is 12.8 Å². The third-order valence-electron chi connectivity index (χ3n) is 4.09. The summed E-state index contributed by atoms with van der Waals surface area (Å²) < 4.78 is 5.22. The molecule has 2 aliphatic rings. The van der Waals surface area contributed by atoms with Crippen molar-refractivity contribution in [2.75, 3.05) is 11.9 Å². The molecule has 0 saturated heterocycles. The lowest BCUT2D eigenvalue weighted by atomic mass is 9.97. The van der Waals surface area contributed by atoms with Crippen molar-refractivity contribution in [3.8, 4) is 5.75 Å². The van der Waals surface area contributed by atoms with Crippen LogP contribution in [0.4, 0.5) is 5.69 Å². The molecule has 1 heterocycles. The summed E-state index contributed by atoms with van der Waals surface area (Å²) in [6, 6.07) is 4.63. The Morgan fingerprint density at radius 2 is 2.00 bits per heavy atom. The average Bonchev–Trinajstić information content (AvgIpc) is 2.96. The Kier molecular flexibility index (Phi) is 3.48. The molecule has 1 aliphatic carbocycles. The van der Waals surface area contributed by atoms with E-state index in [1.165, 1.54) is 6.07 Å². The zero-order chi connectivity index (χ0) is 15.7. The van der Waals surface area contributed by atoms with E-state index in [9.17, 15) is 19.5 Å². The summed E-state index contributed by atoms with van der Waals surface area (Å²) in [5.74, 6) is -1.27. The Labute approximate surface area is 126 Å². The first-order valence-corrected chi connectivity index (χ1v) is 7.13. The maximum atomic E-state index is 12.3. The van der Waals surface area contributed by atoms with Crippen LogP contribution in [0, 0.1) is 0 Å². The van der Waals surface area contributed by atoms with Crippen LogP contribution in [0.3, 0.4) is 0 Å². The SMILES string of the molecule is O=C1COc2ccc(C(=O)NC3(C(=O)O)CCCC3)cc2N1. The van der Waals surface area contributed by atoms with E-state index in [2.05, 4.69) is 10.6 Å². The maximum absolute atomic E-state index is 12.3. The molecule has 0 aromatic heterocycles. The van der Waals surface area contributed by atoms with Gasteiger partial charge in [-0.3, -0.25) is 9.59 Å². The molecule has 1 fully saturated rings. The van der Waals surface area contributed by atoms with E-state index in [1.807, 2.05) is 0 Å². The molecule has 0 radical (unpaired) electrons. The summed E-state index contributed by atoms with van der Waals surface area (Å²) in [5.41, 5.74) is -0.482. The van der Waals surface area contributed by atoms with Gasteiger partial charge in [0.05, 0.1) is 5.69 Å². The lowest BCUT2D eigenvalue weighted by Crippen LogP contribution is -2.52. The molecule has 1 saturated carbocycles. The third-order valence-corrected chi connectivity index (χ3v) is 4.09. The molecule has 0 unspecified atom stereocenters. The quantitative estimate of drug-likeness (QED) is 0.777. The number of anilines is 1. The molecule has 1 aliphatic heterocycles. The number of fused-ring (bicyclic) bond motifs is 1. The molecular weight excluding hydrogens is 288 g/mol. The van der Waals surface area contributed by atoms with Crippen molar-refractivity contribution in [3.63, 3.8) is 0 Å². The molecule has 3 N–H and O–H groups in total. The molecule has 1 aromatic rings. The number of carboxylic acid groups (broad SMARTS) is 1. The van der Waals surface area contributed by atoms with Gasteiger partial charge < -0.3 is 20.5 Å². The lowest BCUT2D eigenvalue weighted by molar-refractivity contribution is -0.144. The van der Waals surface area contributed by atoms with Gasteiger partial charge in [0.15, 0.2) is 6.61 Å². The highest BCUT2D eigenvalue weighted by atomic mass is 16.5. The first kappa shape index (κ1) is 14.4. The molecule has 3 rings (SSSR count). The number of aliphatic carboxylic acids is 1. The fourth-order valence-electron chi connectivity index (χ4n) is 2.88. The first-order chi connectivity index (χ1) is 10.5. The van der Waals surface area contributed by atoms with Crippen molar-refractivity contribution in [1.82, 2.24) is 5.32 Å². The van der Waals surface area contributed by atoms with Gasteiger partial charge >= 0.3 is 5.97 Å². The average molecular weight is 304 g/mol. The van der Waals surface area contributed by atoms with Crippen LogP contribution in [-0.4, -0.2) is 35.0 Å². The number of carbonyl (C=O) groups is 3. The second-order valence-corrected chi connectivity index (χ2v) is 5.60. The predicted octanol–water partition coefficient (Wildman–Crippen LogP) is 1.14. The zero-order valence-electron chi connectivity index (χ0n) is 11.8. The normalized spacial score (nSPS) is 18.8. The fourth-order valence-corrected chi connectivity index (χ4v) is 2.88. The Bertz CT molecular complexity index is 649. The van der Waals surface area contributed by atoms with Gasteiger partial charge in [-0.15, -0.1) is 0 Å². The fraction of sp³-hybridized carbons (Fsp3) is 0.400. The smallest absolute Gasteiger partial charge is 0.329 e. The molecule has 0 bridgehead atoms. The van der Waals surface area contributed by atoms with Gasteiger partial charge in [-0.2, -0.15) is 0 Å². The van der Waals surface area contributed by atoms with Crippen molar-refractivity contribution in [2.24, 2.45) is 0 Å². The Balaban J connectivity index is 1.82. The van der Waals surface area contributed by atoms with Crippen molar-refractivity contribution in [3.05, 3.63) is 23.8 Å². The lowest BCUT2D eigenvalue weighted by Gasteiger charge is -2.25. The highest BCUT2D eigenvalue weighted by Crippen LogP contribution is 2.32. The number of ether oxygens (including phenoxy) is 1. The van der Waals surface area contributed by atoms with Gasteiger partial charge in [-0.25, -0.2) is 4.79 Å². The van der Waals surface area contributed by atoms with Crippen LogP contribution in [0.25, 0.3) is 0 Å². The van der Waals surface area contributed by atoms with Crippen LogP contribution in [0.15, 0.2) is 18.2 Å². The van der Waals surface area contributed by atoms with E-state index in [1.54, 1.807) is 12.1 Å². The van der Waals surface area contributed by atoms with Gasteiger partial charge in [0.2, 0.25) is 0 Å². The van der Waals surface area contributed by atoms with Crippen LogP contribution in [0.2, 0.25) is 0 Å². The van der Waals surface area contributed by atoms with Crippen LogP contribution in [0.1, 0.15) is 36.0 Å². The summed E-state index contributed by atoms with van der Waals surface area (Å²) >= 11 is 0. The topological polar surface area (TPSA) is 105 Å². The van der Waals surface area contributed by atoms with Gasteiger partial charge in [0.1, 0.15) is 11.3 Å². The first-order valence-electron chi connectivity index (χ1n) is 7.13. The third kappa shape index (κ3) is 2.49. The number of carbonyl (C=O) groups excluding carboxylic acids is 2. The molecule has 116 valence electrons. The zero-order valence-corrected chi connectivity index (χ0v) is 11.8. The Morgan fingerprint density at radius 3 is 2.68 bits per heavy atom. The summed E-state index contributed by atoms with van der Waals surface area (Å²) in [6.07, 6.45) is 2.42. The van der Waals surface area contributed by atoms with Gasteiger partial charge in [0, 0.05) is 5.56 Å². The number of amides is 2. The van der Waals surface area contributed by atoms with Crippen LogP contribution in [-0.2, 0) is 9.59 Å². The summed E-state index contributed by atoms with van der Waals surface area (Å²) in [6.45, 7) is -0.0549. The summed E-state index contributed by atoms with van der Waals surface area (Å²) in [5, 5.41) is 14.6. The Hall–Kier alpha value is -2.57. The molecule has 1 aromatic carbocycles. The summed E-state index contributed by atoms with van der Waals surface area (Å²) in [4.78, 5) is 35.1. The number of nitrogens with one attached hydrogen (secondary N) is 2. The highest BCUT2D eigenvalue weighted by Gasteiger charge is 2.42. The van der Waals surface area contributed by atoms with E-state index < -0.39 is 17.4 Å². The van der Waals surface area contributed by atoms with Crippen molar-refractivity contribution in [2.45, 2.75) is 31.2 Å². The predicted molar refractivity (Wildman–Crippen MR) is 76.9 cm³/mol. The van der Waals surface area contributed by atoms with Crippen LogP contribution >= 0.6 is 0 Å². The Morgan fingerprint density at radius 1 is 1.27 bits per heavy atom. The van der Waals surface area contributed by atoms with E-state index in [-0.39, 0.29) is 18.1 Å². The maximum Gasteiger partial charge on any atom is 0.329 e. The molecular formula is C15H16N2O5. The van der Waals surface area contributed by atoms with Gasteiger partial charge in [0.25, 0.3) is 11.8 Å². The van der Waals surface area contributed by atoms with Crippen molar-refractivity contribution in [1.29, 1.82) is 0 Å². The van der Waals surface area contributed by atoms with Crippen LogP contribution in [0.5, 0.6) is 5.75 Å². The van der Waals surface area contributed by atoms with Crippen molar-refractivity contribution < 1.29 is 24.2 Å². The largest absolute Gasteiger partial charge is 0.482 e. The number of hydrogen-bond donors (Lipinski definition) is 3. The molecule has 22 heavy (non-hydrogen) atoms. The molecule has 2 amide bonds. The van der Waals surface area contributed by atoms with Crippen LogP contribution < -0.4 is 15.4 Å². The second-order valence-electron chi connectivity index (χ2n) is 5.60. The minimum atomic E-state index is -1.19. The van der Waals surface area contributed by atoms with E-state index in [4.69, 9.17) is 4.74 Å².